The lowest BCUT2D eigenvalue weighted by Gasteiger charge is -2.30. The van der Waals surface area contributed by atoms with E-state index >= 15 is 0 Å². The fourth-order valence-corrected chi connectivity index (χ4v) is 7.22. The Bertz CT molecular complexity index is 1360. The van der Waals surface area contributed by atoms with E-state index in [-0.39, 0.29) is 30.6 Å². The van der Waals surface area contributed by atoms with Crippen molar-refractivity contribution in [3.63, 3.8) is 0 Å². The fourth-order valence-electron chi connectivity index (χ4n) is 5.45. The van der Waals surface area contributed by atoms with Gasteiger partial charge in [0.15, 0.2) is 0 Å². The first-order valence-electron chi connectivity index (χ1n) is 14.6. The Morgan fingerprint density at radius 2 is 1.31 bits per heavy atom. The van der Waals surface area contributed by atoms with Crippen LogP contribution in [-0.2, 0) is 19.1 Å². The molecule has 0 saturated carbocycles. The second-order valence-corrected chi connectivity index (χ2v) is 17.8. The zero-order valence-electron chi connectivity index (χ0n) is 25.3. The zero-order chi connectivity index (χ0) is 30.4. The molecule has 2 N–H and O–H groups in total. The van der Waals surface area contributed by atoms with Crippen LogP contribution in [0.2, 0.25) is 19.6 Å². The lowest BCUT2D eigenvalue weighted by molar-refractivity contribution is -0.149. The number of carbonyl (C=O) groups excluding carboxylic acids is 3. The van der Waals surface area contributed by atoms with Crippen LogP contribution in [-0.4, -0.2) is 51.3 Å². The number of carbonyl (C=O) groups is 3. The van der Waals surface area contributed by atoms with E-state index in [9.17, 15) is 14.4 Å². The van der Waals surface area contributed by atoms with Crippen molar-refractivity contribution in [1.82, 2.24) is 10.6 Å². The predicted octanol–water partition coefficient (Wildman–Crippen LogP) is 6.26. The van der Waals surface area contributed by atoms with Gasteiger partial charge in [-0.1, -0.05) is 112 Å². The van der Waals surface area contributed by atoms with Crippen molar-refractivity contribution in [2.45, 2.75) is 64.0 Å². The van der Waals surface area contributed by atoms with Crippen molar-refractivity contribution >= 4 is 26.0 Å². The lowest BCUT2D eigenvalue weighted by atomic mass is 9.98. The van der Waals surface area contributed by atoms with Crippen LogP contribution in [0.5, 0.6) is 0 Å². The van der Waals surface area contributed by atoms with Crippen molar-refractivity contribution in [3.05, 3.63) is 95.6 Å². The first-order valence-corrected chi connectivity index (χ1v) is 18.2. The van der Waals surface area contributed by atoms with Gasteiger partial charge in [-0.25, -0.2) is 9.59 Å². The van der Waals surface area contributed by atoms with Crippen molar-refractivity contribution in [3.8, 4) is 11.1 Å². The van der Waals surface area contributed by atoms with Crippen molar-refractivity contribution < 1.29 is 23.9 Å². The maximum atomic E-state index is 13.1. The Morgan fingerprint density at radius 3 is 1.86 bits per heavy atom. The van der Waals surface area contributed by atoms with E-state index in [1.165, 1.54) is 0 Å². The average molecular weight is 587 g/mol. The van der Waals surface area contributed by atoms with Gasteiger partial charge in [0.25, 0.3) is 0 Å². The number of nitrogens with one attached hydrogen (secondary N) is 2. The topological polar surface area (TPSA) is 93.7 Å². The molecule has 0 aromatic heterocycles. The molecular weight excluding hydrogens is 544 g/mol. The summed E-state index contributed by atoms with van der Waals surface area (Å²) in [4.78, 5) is 38.9. The molecule has 0 bridgehead atoms. The minimum Gasteiger partial charge on any atom is -0.464 e. The number of amides is 2. The smallest absolute Gasteiger partial charge is 0.407 e. The van der Waals surface area contributed by atoms with Gasteiger partial charge in [-0.3, -0.25) is 4.79 Å². The average Bonchev–Trinajstić information content (AvgIpc) is 3.28. The zero-order valence-corrected chi connectivity index (χ0v) is 26.3. The summed E-state index contributed by atoms with van der Waals surface area (Å²) in [5.74, 6) is -1.25. The highest BCUT2D eigenvalue weighted by molar-refractivity contribution is 6.77. The molecule has 7 nitrogen and oxygen atoms in total. The minimum atomic E-state index is -1.71. The molecule has 2 amide bonds. The Hall–Kier alpha value is -3.91. The van der Waals surface area contributed by atoms with Crippen molar-refractivity contribution in [2.24, 2.45) is 5.92 Å². The van der Waals surface area contributed by atoms with Crippen LogP contribution < -0.4 is 10.6 Å². The summed E-state index contributed by atoms with van der Waals surface area (Å²) < 4.78 is 11.4. The molecule has 0 saturated heterocycles. The number of hydrogen-bond acceptors (Lipinski definition) is 5. The number of esters is 1. The maximum Gasteiger partial charge on any atom is 0.407 e. The Labute approximate surface area is 250 Å². The van der Waals surface area contributed by atoms with Crippen LogP contribution in [0.4, 0.5) is 4.79 Å². The van der Waals surface area contributed by atoms with E-state index < -0.39 is 38.1 Å². The summed E-state index contributed by atoms with van der Waals surface area (Å²) in [5.41, 5.74) is 5.78. The molecule has 3 aromatic carbocycles. The number of alkyl carbamates (subject to hydrolysis) is 1. The third-order valence-corrected chi connectivity index (χ3v) is 10.5. The lowest BCUT2D eigenvalue weighted by Crippen LogP contribution is -2.52. The van der Waals surface area contributed by atoms with Crippen molar-refractivity contribution in [2.75, 3.05) is 13.2 Å². The second kappa shape index (κ2) is 13.4. The fraction of sp³-hybridized carbons (Fsp3) is 0.382. The highest BCUT2D eigenvalue weighted by Crippen LogP contribution is 2.44. The largest absolute Gasteiger partial charge is 0.464 e. The SMILES string of the molecule is CC(C)[C@H](NC(=O)[C@H](C)NC(=O)OCC1c2ccccc2-c2ccccc21)C(=O)OCC(c1ccccc1)[Si](C)(C)C. The molecule has 0 aliphatic heterocycles. The van der Waals surface area contributed by atoms with Gasteiger partial charge in [-0.2, -0.15) is 0 Å². The van der Waals surface area contributed by atoms with Gasteiger partial charge in [0, 0.05) is 11.5 Å². The second-order valence-electron chi connectivity index (χ2n) is 12.4. The Kier molecular flexibility index (Phi) is 9.88. The van der Waals surface area contributed by atoms with Gasteiger partial charge in [0.1, 0.15) is 18.7 Å². The molecule has 1 unspecified atom stereocenters. The third-order valence-electron chi connectivity index (χ3n) is 7.93. The highest BCUT2D eigenvalue weighted by Gasteiger charge is 2.33. The van der Waals surface area contributed by atoms with Gasteiger partial charge < -0.3 is 20.1 Å². The first-order chi connectivity index (χ1) is 20.0. The molecular formula is C34H42N2O5Si. The van der Waals surface area contributed by atoms with E-state index in [4.69, 9.17) is 9.47 Å². The Morgan fingerprint density at radius 1 is 0.762 bits per heavy atom. The van der Waals surface area contributed by atoms with Crippen LogP contribution in [0.15, 0.2) is 78.9 Å². The monoisotopic (exact) mass is 586 g/mol. The number of rotatable bonds is 11. The molecule has 3 aromatic rings. The predicted molar refractivity (Wildman–Crippen MR) is 168 cm³/mol. The molecule has 0 fully saturated rings. The summed E-state index contributed by atoms with van der Waals surface area (Å²) in [5, 5.41) is 5.38. The molecule has 0 radical (unpaired) electrons. The van der Waals surface area contributed by atoms with E-state index in [2.05, 4.69) is 54.5 Å². The highest BCUT2D eigenvalue weighted by atomic mass is 28.3. The molecule has 222 valence electrons. The number of ether oxygens (including phenoxy) is 2. The normalized spacial score (nSPS) is 14.7. The molecule has 0 heterocycles. The van der Waals surface area contributed by atoms with Crippen LogP contribution in [0.1, 0.15) is 48.9 Å². The third kappa shape index (κ3) is 7.29. The van der Waals surface area contributed by atoms with Gasteiger partial charge in [-0.05, 0) is 40.7 Å². The summed E-state index contributed by atoms with van der Waals surface area (Å²) in [6, 6.07) is 24.5. The van der Waals surface area contributed by atoms with E-state index in [1.54, 1.807) is 6.92 Å². The number of hydrogen-bond donors (Lipinski definition) is 2. The van der Waals surface area contributed by atoms with E-state index in [0.717, 1.165) is 27.8 Å². The number of fused-ring (bicyclic) bond motifs is 3. The van der Waals surface area contributed by atoms with Crippen molar-refractivity contribution in [1.29, 1.82) is 0 Å². The number of benzene rings is 3. The molecule has 8 heteroatoms. The standard InChI is InChI=1S/C34H42N2O5Si/c1-22(2)31(33(38)40-21-30(42(4,5)6)24-14-8-7-9-15-24)36-32(37)23(3)35-34(39)41-20-29-27-18-12-10-16-25(27)26-17-11-13-19-28(26)29/h7-19,22-23,29-31H,20-21H2,1-6H3,(H,35,39)(H,36,37)/t23-,30?,31-/m0/s1. The molecule has 4 rings (SSSR count). The first kappa shape index (κ1) is 31.0. The van der Waals surface area contributed by atoms with Crippen LogP contribution in [0.25, 0.3) is 11.1 Å². The summed E-state index contributed by atoms with van der Waals surface area (Å²) in [6.45, 7) is 12.4. The molecule has 3 atom stereocenters. The quantitative estimate of drug-likeness (QED) is 0.204. The van der Waals surface area contributed by atoms with Crippen LogP contribution in [0, 0.1) is 5.92 Å². The molecule has 42 heavy (non-hydrogen) atoms. The minimum absolute atomic E-state index is 0.0803. The summed E-state index contributed by atoms with van der Waals surface area (Å²) in [7, 11) is -1.71. The summed E-state index contributed by atoms with van der Waals surface area (Å²) in [6.07, 6.45) is -0.691. The van der Waals surface area contributed by atoms with Gasteiger partial charge in [0.05, 0.1) is 14.7 Å². The molecule has 1 aliphatic rings. The van der Waals surface area contributed by atoms with Crippen LogP contribution in [0.3, 0.4) is 0 Å². The van der Waals surface area contributed by atoms with E-state index in [0.29, 0.717) is 0 Å². The molecule has 1 aliphatic carbocycles. The van der Waals surface area contributed by atoms with Crippen LogP contribution >= 0.6 is 0 Å². The van der Waals surface area contributed by atoms with Gasteiger partial charge >= 0.3 is 12.1 Å². The molecule has 0 spiro atoms. The maximum absolute atomic E-state index is 13.1. The van der Waals surface area contributed by atoms with Gasteiger partial charge in [-0.15, -0.1) is 0 Å². The summed E-state index contributed by atoms with van der Waals surface area (Å²) >= 11 is 0. The van der Waals surface area contributed by atoms with Gasteiger partial charge in [0.2, 0.25) is 5.91 Å². The Balaban J connectivity index is 1.32. The van der Waals surface area contributed by atoms with E-state index in [1.807, 2.05) is 68.4 Å².